The Balaban J connectivity index is 0.00000294. The number of nitrogens with zero attached hydrogens (tertiary/aromatic N) is 1. The third-order valence-electron chi connectivity index (χ3n) is 9.63. The quantitative estimate of drug-likeness (QED) is 0.513. The molecular weight excluding hydrogens is 488 g/mol. The van der Waals surface area contributed by atoms with E-state index in [0.29, 0.717) is 6.61 Å². The summed E-state index contributed by atoms with van der Waals surface area (Å²) in [5.41, 5.74) is 12.0. The van der Waals surface area contributed by atoms with Gasteiger partial charge >= 0.3 is 0 Å². The van der Waals surface area contributed by atoms with Crippen molar-refractivity contribution in [1.82, 2.24) is 0 Å². The lowest BCUT2D eigenvalue weighted by molar-refractivity contribution is -0.770. The van der Waals surface area contributed by atoms with Crippen molar-refractivity contribution in [3.8, 4) is 0 Å². The molecule has 0 bridgehead atoms. The predicted octanol–water partition coefficient (Wildman–Crippen LogP) is 3.05. The van der Waals surface area contributed by atoms with E-state index in [2.05, 4.69) is 86.5 Å². The third kappa shape index (κ3) is 4.37. The van der Waals surface area contributed by atoms with Crippen LogP contribution in [-0.2, 0) is 23.7 Å². The molecule has 0 saturated heterocycles. The number of aliphatic hydroxyl groups is 1. The maximum atomic E-state index is 9.21. The van der Waals surface area contributed by atoms with Gasteiger partial charge in [0.2, 0.25) is 0 Å². The molecule has 4 aliphatic heterocycles. The molecule has 4 heteroatoms. The monoisotopic (exact) mass is 530 g/mol. The van der Waals surface area contributed by atoms with E-state index in [-0.39, 0.29) is 23.2 Å². The van der Waals surface area contributed by atoms with E-state index in [1.165, 1.54) is 76.2 Å². The van der Waals surface area contributed by atoms with Gasteiger partial charge in [0.1, 0.15) is 11.9 Å². The Bertz CT molecular complexity index is 1290. The zero-order chi connectivity index (χ0) is 25.6. The number of halogens is 1. The number of benzene rings is 2. The summed E-state index contributed by atoms with van der Waals surface area (Å²) in [6.45, 7) is 9.85. The minimum atomic E-state index is 0. The normalized spacial score (nSPS) is 25.4. The van der Waals surface area contributed by atoms with Crippen molar-refractivity contribution in [3.05, 3.63) is 94.4 Å². The molecular formula is C34H43ClN2O. The summed E-state index contributed by atoms with van der Waals surface area (Å²) in [5.74, 6) is 0. The van der Waals surface area contributed by atoms with Crippen LogP contribution in [-0.4, -0.2) is 24.8 Å². The van der Waals surface area contributed by atoms with E-state index in [1.807, 2.05) is 0 Å². The minimum absolute atomic E-state index is 0. The third-order valence-corrected chi connectivity index (χ3v) is 9.63. The number of quaternary nitrogens is 1. The zero-order valence-corrected chi connectivity index (χ0v) is 24.1. The number of para-hydroxylation sites is 2. The van der Waals surface area contributed by atoms with Gasteiger partial charge in [-0.1, -0.05) is 88.6 Å². The number of nitrogens with one attached hydrogen (secondary N) is 1. The van der Waals surface area contributed by atoms with Crippen molar-refractivity contribution >= 4 is 11.4 Å². The second-order valence-corrected chi connectivity index (χ2v) is 12.3. The van der Waals surface area contributed by atoms with Crippen LogP contribution >= 0.6 is 0 Å². The number of aliphatic hydroxyl groups excluding tert-OH is 1. The molecule has 0 fully saturated rings. The molecule has 0 aromatic heterocycles. The van der Waals surface area contributed by atoms with Gasteiger partial charge in [0.15, 0.2) is 0 Å². The van der Waals surface area contributed by atoms with Gasteiger partial charge in [0.05, 0.1) is 6.54 Å². The molecule has 202 valence electrons. The van der Waals surface area contributed by atoms with E-state index in [0.717, 1.165) is 32.4 Å². The molecule has 2 aromatic carbocycles. The largest absolute Gasteiger partial charge is 1.00 e. The Morgan fingerprint density at radius 3 is 2.53 bits per heavy atom. The fraction of sp³-hybridized carbons (Fsp3) is 0.471. The maximum absolute atomic E-state index is 9.21. The Morgan fingerprint density at radius 1 is 0.947 bits per heavy atom. The molecule has 2 atom stereocenters. The first-order valence-electron chi connectivity index (χ1n) is 14.6. The first-order chi connectivity index (χ1) is 17.9. The molecule has 2 unspecified atom stereocenters. The number of unbranched alkanes of at least 4 members (excludes halogenated alkanes) is 3. The highest BCUT2D eigenvalue weighted by molar-refractivity contribution is 5.75. The molecule has 4 heterocycles. The van der Waals surface area contributed by atoms with Crippen LogP contribution in [0, 0.1) is 0 Å². The zero-order valence-electron chi connectivity index (χ0n) is 23.3. The van der Waals surface area contributed by atoms with Crippen molar-refractivity contribution in [3.63, 3.8) is 0 Å². The molecule has 3 nitrogen and oxygen atoms in total. The summed E-state index contributed by atoms with van der Waals surface area (Å²) in [6.07, 6.45) is 18.9. The van der Waals surface area contributed by atoms with Gasteiger partial charge in [-0.3, -0.25) is 4.90 Å². The van der Waals surface area contributed by atoms with Crippen LogP contribution in [0.1, 0.15) is 81.5 Å². The summed E-state index contributed by atoms with van der Waals surface area (Å²) < 4.78 is 0. The Kier molecular flexibility index (Phi) is 7.66. The smallest absolute Gasteiger partial charge is 0.143 e. The van der Waals surface area contributed by atoms with Gasteiger partial charge < -0.3 is 22.4 Å². The predicted molar refractivity (Wildman–Crippen MR) is 154 cm³/mol. The maximum Gasteiger partial charge on any atom is 0.143 e. The number of hydrogen-bond acceptors (Lipinski definition) is 2. The number of hydrogen-bond donors (Lipinski definition) is 2. The lowest BCUT2D eigenvalue weighted by atomic mass is 9.69. The van der Waals surface area contributed by atoms with E-state index in [4.69, 9.17) is 0 Å². The average Bonchev–Trinajstić information content (AvgIpc) is 3.41. The topological polar surface area (TPSA) is 27.9 Å². The minimum Gasteiger partial charge on any atom is -1.00 e. The van der Waals surface area contributed by atoms with Gasteiger partial charge in [-0.2, -0.15) is 0 Å². The van der Waals surface area contributed by atoms with Crippen LogP contribution in [0.2, 0.25) is 0 Å². The first-order valence-corrected chi connectivity index (χ1v) is 14.6. The number of anilines is 1. The van der Waals surface area contributed by atoms with E-state index < -0.39 is 0 Å². The molecule has 38 heavy (non-hydrogen) atoms. The first kappa shape index (κ1) is 27.2. The average molecular weight is 531 g/mol. The van der Waals surface area contributed by atoms with Crippen LogP contribution in [0.25, 0.3) is 0 Å². The molecule has 4 aliphatic rings. The second-order valence-electron chi connectivity index (χ2n) is 12.3. The Morgan fingerprint density at radius 2 is 1.71 bits per heavy atom. The lowest BCUT2D eigenvalue weighted by Crippen LogP contribution is -3.02. The van der Waals surface area contributed by atoms with Gasteiger partial charge in [0, 0.05) is 58.5 Å². The van der Waals surface area contributed by atoms with Gasteiger partial charge in [-0.05, 0) is 42.9 Å². The fourth-order valence-electron chi connectivity index (χ4n) is 7.56. The van der Waals surface area contributed by atoms with Crippen molar-refractivity contribution in [2.24, 2.45) is 0 Å². The van der Waals surface area contributed by atoms with Crippen molar-refractivity contribution in [2.45, 2.75) is 83.0 Å². The van der Waals surface area contributed by atoms with Crippen LogP contribution < -0.4 is 22.2 Å². The van der Waals surface area contributed by atoms with E-state index in [1.54, 1.807) is 5.69 Å². The highest BCUT2D eigenvalue weighted by Gasteiger charge is 2.44. The summed E-state index contributed by atoms with van der Waals surface area (Å²) in [4.78, 5) is 4.13. The fourth-order valence-corrected chi connectivity index (χ4v) is 7.56. The molecule has 0 radical (unpaired) electrons. The molecule has 0 aliphatic carbocycles. The van der Waals surface area contributed by atoms with Crippen LogP contribution in [0.4, 0.5) is 11.4 Å². The number of aryl methyl sites for hydroxylation is 1. The van der Waals surface area contributed by atoms with Crippen molar-refractivity contribution in [2.75, 3.05) is 24.6 Å². The molecule has 6 rings (SSSR count). The summed E-state index contributed by atoms with van der Waals surface area (Å²) in [5, 5.41) is 9.21. The highest BCUT2D eigenvalue weighted by atomic mass is 35.5. The van der Waals surface area contributed by atoms with E-state index >= 15 is 0 Å². The Labute approximate surface area is 235 Å². The van der Waals surface area contributed by atoms with Crippen LogP contribution in [0.15, 0.2) is 72.1 Å². The van der Waals surface area contributed by atoms with Crippen molar-refractivity contribution in [1.29, 1.82) is 0 Å². The molecule has 2 N–H and O–H groups in total. The van der Waals surface area contributed by atoms with Gasteiger partial charge in [0.25, 0.3) is 0 Å². The van der Waals surface area contributed by atoms with Gasteiger partial charge in [-0.15, -0.1) is 0 Å². The number of allylic oxidation sites excluding steroid dienone is 5. The lowest BCUT2D eigenvalue weighted by Gasteiger charge is -2.37. The highest BCUT2D eigenvalue weighted by Crippen LogP contribution is 2.51. The van der Waals surface area contributed by atoms with E-state index in [9.17, 15) is 5.11 Å². The second kappa shape index (κ2) is 10.7. The van der Waals surface area contributed by atoms with Gasteiger partial charge in [-0.25, -0.2) is 0 Å². The van der Waals surface area contributed by atoms with Crippen molar-refractivity contribution < 1.29 is 22.4 Å². The SMILES string of the molecule is CC1(CCCCCCO)C(/C=C/C=C2/N3CCCc4cccc(c43)C2(C)C)=C[NH+]2CCc3cccc1c32.[Cl-]. The standard InChI is InChI=1S/C34H42N2O.ClH/c1-33(2)28-16-8-12-25-14-11-21-36(32(25)28)30(33)18-10-15-27-24-35-22-19-26-13-9-17-29(31(26)35)34(27,3)20-6-4-5-7-23-37;/h8-10,12-13,15-18,24,37H,4-7,11,14,19-23H2,1-3H3;1H/b15-10+,30-18+;. The van der Waals surface area contributed by atoms with Crippen LogP contribution in [0.5, 0.6) is 0 Å². The molecule has 0 spiro atoms. The summed E-state index contributed by atoms with van der Waals surface area (Å²) in [7, 11) is 0. The summed E-state index contributed by atoms with van der Waals surface area (Å²) in [6, 6.07) is 13.9. The van der Waals surface area contributed by atoms with Crippen LogP contribution in [0.3, 0.4) is 0 Å². The molecule has 0 saturated carbocycles. The Hall–Kier alpha value is -2.33. The molecule has 2 aromatic rings. The number of rotatable bonds is 8. The molecule has 0 amide bonds. The summed E-state index contributed by atoms with van der Waals surface area (Å²) >= 11 is 0.